The molecule has 0 spiro atoms. The Morgan fingerprint density at radius 1 is 1.07 bits per heavy atom. The molecule has 0 radical (unpaired) electrons. The minimum Gasteiger partial charge on any atom is -0.457 e. The molecule has 1 aromatic heterocycles. The summed E-state index contributed by atoms with van der Waals surface area (Å²) < 4.78 is 5.98. The van der Waals surface area contributed by atoms with E-state index in [0.717, 1.165) is 12.1 Å². The van der Waals surface area contributed by atoms with Gasteiger partial charge < -0.3 is 14.6 Å². The normalized spacial score (nSPS) is 15.8. The molecule has 28 heavy (non-hydrogen) atoms. The summed E-state index contributed by atoms with van der Waals surface area (Å²) in [6, 6.07) is 17.3. The zero-order valence-corrected chi connectivity index (χ0v) is 15.3. The van der Waals surface area contributed by atoms with Gasteiger partial charge in [-0.05, 0) is 36.8 Å². The Labute approximate surface area is 161 Å². The lowest BCUT2D eigenvalue weighted by Gasteiger charge is -2.36. The van der Waals surface area contributed by atoms with Crippen LogP contribution in [-0.4, -0.2) is 22.3 Å². The number of rotatable bonds is 5. The van der Waals surface area contributed by atoms with E-state index in [4.69, 9.17) is 4.42 Å². The van der Waals surface area contributed by atoms with Gasteiger partial charge in [0.05, 0.1) is 16.1 Å². The van der Waals surface area contributed by atoms with Crippen LogP contribution < -0.4 is 5.32 Å². The lowest BCUT2D eigenvalue weighted by molar-refractivity contribution is -0.384. The molecule has 0 fully saturated rings. The number of fused-ring (bicyclic) bond motifs is 1. The number of benzene rings is 2. The number of amides is 1. The third-order valence-electron chi connectivity index (χ3n) is 4.75. The summed E-state index contributed by atoms with van der Waals surface area (Å²) >= 11 is 0. The van der Waals surface area contributed by atoms with Crippen LogP contribution in [0.15, 0.2) is 65.1 Å². The van der Waals surface area contributed by atoms with Crippen molar-refractivity contribution >= 4 is 17.3 Å². The van der Waals surface area contributed by atoms with Crippen LogP contribution in [0.1, 0.15) is 35.6 Å². The molecule has 3 aromatic rings. The number of para-hydroxylation sites is 2. The van der Waals surface area contributed by atoms with Crippen molar-refractivity contribution in [3.8, 4) is 11.3 Å². The van der Waals surface area contributed by atoms with E-state index >= 15 is 0 Å². The van der Waals surface area contributed by atoms with E-state index in [9.17, 15) is 14.9 Å². The standard InChI is InChI=1S/C21H19N3O4/c1-2-13-23-20(22-16-9-5-3-7-14(16)21(23)25)19-12-11-18(28-19)15-8-4-6-10-17(15)24(26)27/h3-12,20,22H,2,13H2,1H3/t20-/m1/s1. The molecule has 1 N–H and O–H groups in total. The summed E-state index contributed by atoms with van der Waals surface area (Å²) in [5.41, 5.74) is 1.75. The fourth-order valence-electron chi connectivity index (χ4n) is 3.47. The van der Waals surface area contributed by atoms with Crippen LogP contribution in [0.5, 0.6) is 0 Å². The Kier molecular flexibility index (Phi) is 4.57. The van der Waals surface area contributed by atoms with Crippen molar-refractivity contribution < 1.29 is 14.1 Å². The molecule has 0 saturated heterocycles. The van der Waals surface area contributed by atoms with Gasteiger partial charge in [-0.2, -0.15) is 0 Å². The molecule has 0 bridgehead atoms. The summed E-state index contributed by atoms with van der Waals surface area (Å²) in [5.74, 6) is 0.862. The minimum absolute atomic E-state index is 0.0214. The highest BCUT2D eigenvalue weighted by Crippen LogP contribution is 2.37. The van der Waals surface area contributed by atoms with Gasteiger partial charge in [0.25, 0.3) is 11.6 Å². The van der Waals surface area contributed by atoms with E-state index in [2.05, 4.69) is 5.32 Å². The largest absolute Gasteiger partial charge is 0.457 e. The second kappa shape index (κ2) is 7.19. The summed E-state index contributed by atoms with van der Waals surface area (Å²) in [4.78, 5) is 25.6. The number of nitrogens with one attached hydrogen (secondary N) is 1. The average Bonchev–Trinajstić information content (AvgIpc) is 3.20. The Hall–Kier alpha value is -3.61. The molecule has 0 unspecified atom stereocenters. The van der Waals surface area contributed by atoms with Crippen molar-refractivity contribution in [2.45, 2.75) is 19.5 Å². The second-order valence-corrected chi connectivity index (χ2v) is 6.57. The number of carbonyl (C=O) groups is 1. The molecule has 7 heteroatoms. The number of carbonyl (C=O) groups excluding carboxylic acids is 1. The predicted molar refractivity (Wildman–Crippen MR) is 105 cm³/mol. The molecule has 142 valence electrons. The first kappa shape index (κ1) is 17.8. The van der Waals surface area contributed by atoms with E-state index in [1.807, 2.05) is 25.1 Å². The molecule has 7 nitrogen and oxygen atoms in total. The first-order valence-electron chi connectivity index (χ1n) is 9.10. The Balaban J connectivity index is 1.73. The van der Waals surface area contributed by atoms with Crippen molar-refractivity contribution in [2.75, 3.05) is 11.9 Å². The molecule has 1 atom stereocenters. The van der Waals surface area contributed by atoms with Gasteiger partial charge in [-0.1, -0.05) is 31.2 Å². The van der Waals surface area contributed by atoms with Gasteiger partial charge >= 0.3 is 0 Å². The van der Waals surface area contributed by atoms with Crippen LogP contribution in [0.4, 0.5) is 11.4 Å². The Bertz CT molecular complexity index is 1040. The van der Waals surface area contributed by atoms with Crippen LogP contribution >= 0.6 is 0 Å². The SMILES string of the molecule is CCCN1C(=O)c2ccccc2N[C@H]1c1ccc(-c2ccccc2[N+](=O)[O-])o1. The molecule has 0 aliphatic carbocycles. The first-order valence-corrected chi connectivity index (χ1v) is 9.10. The summed E-state index contributed by atoms with van der Waals surface area (Å²) in [6.45, 7) is 2.57. The fraction of sp³-hybridized carbons (Fsp3) is 0.190. The van der Waals surface area contributed by atoms with Gasteiger partial charge in [-0.25, -0.2) is 0 Å². The molecule has 1 aliphatic rings. The van der Waals surface area contributed by atoms with E-state index < -0.39 is 11.1 Å². The molecule has 2 heterocycles. The first-order chi connectivity index (χ1) is 13.6. The van der Waals surface area contributed by atoms with Crippen LogP contribution in [0, 0.1) is 10.1 Å². The highest BCUT2D eigenvalue weighted by molar-refractivity contribution is 6.01. The maximum atomic E-state index is 13.0. The molecule has 2 aromatic carbocycles. The van der Waals surface area contributed by atoms with E-state index in [0.29, 0.717) is 29.2 Å². The highest BCUT2D eigenvalue weighted by Gasteiger charge is 2.34. The van der Waals surface area contributed by atoms with E-state index in [-0.39, 0.29) is 11.6 Å². The third-order valence-corrected chi connectivity index (χ3v) is 4.75. The topological polar surface area (TPSA) is 88.6 Å². The maximum Gasteiger partial charge on any atom is 0.280 e. The van der Waals surface area contributed by atoms with Gasteiger partial charge in [0, 0.05) is 18.3 Å². The van der Waals surface area contributed by atoms with Crippen LogP contribution in [0.2, 0.25) is 0 Å². The Morgan fingerprint density at radius 3 is 2.54 bits per heavy atom. The number of nitro benzene ring substituents is 1. The van der Waals surface area contributed by atoms with Crippen molar-refractivity contribution in [3.63, 3.8) is 0 Å². The van der Waals surface area contributed by atoms with Gasteiger partial charge in [0.2, 0.25) is 0 Å². The van der Waals surface area contributed by atoms with Gasteiger partial charge in [-0.15, -0.1) is 0 Å². The van der Waals surface area contributed by atoms with E-state index in [1.165, 1.54) is 6.07 Å². The van der Waals surface area contributed by atoms with Gasteiger partial charge in [-0.3, -0.25) is 14.9 Å². The average molecular weight is 377 g/mol. The van der Waals surface area contributed by atoms with Gasteiger partial charge in [0.1, 0.15) is 11.5 Å². The molecule has 1 amide bonds. The van der Waals surface area contributed by atoms with Crippen molar-refractivity contribution in [2.24, 2.45) is 0 Å². The lowest BCUT2D eigenvalue weighted by Crippen LogP contribution is -2.43. The monoisotopic (exact) mass is 377 g/mol. The number of hydrogen-bond acceptors (Lipinski definition) is 5. The summed E-state index contributed by atoms with van der Waals surface area (Å²) in [6.07, 6.45) is 0.322. The predicted octanol–water partition coefficient (Wildman–Crippen LogP) is 4.83. The summed E-state index contributed by atoms with van der Waals surface area (Å²) in [7, 11) is 0. The summed E-state index contributed by atoms with van der Waals surface area (Å²) in [5, 5.41) is 14.7. The zero-order valence-electron chi connectivity index (χ0n) is 15.3. The minimum atomic E-state index is -0.473. The lowest BCUT2D eigenvalue weighted by atomic mass is 10.1. The second-order valence-electron chi connectivity index (χ2n) is 6.57. The molecule has 1 aliphatic heterocycles. The zero-order chi connectivity index (χ0) is 19.7. The van der Waals surface area contributed by atoms with E-state index in [1.54, 1.807) is 41.3 Å². The van der Waals surface area contributed by atoms with Crippen LogP contribution in [0.25, 0.3) is 11.3 Å². The number of anilines is 1. The highest BCUT2D eigenvalue weighted by atomic mass is 16.6. The number of nitrogens with zero attached hydrogens (tertiary/aromatic N) is 2. The molecular weight excluding hydrogens is 358 g/mol. The van der Waals surface area contributed by atoms with Gasteiger partial charge in [0.15, 0.2) is 6.17 Å². The molecule has 0 saturated carbocycles. The maximum absolute atomic E-state index is 13.0. The Morgan fingerprint density at radius 2 is 1.79 bits per heavy atom. The van der Waals surface area contributed by atoms with Crippen molar-refractivity contribution in [1.82, 2.24) is 4.90 Å². The third kappa shape index (κ3) is 3.00. The van der Waals surface area contributed by atoms with Crippen molar-refractivity contribution in [1.29, 1.82) is 0 Å². The molecule has 4 rings (SSSR count). The molecular formula is C21H19N3O4. The quantitative estimate of drug-likeness (QED) is 0.508. The van der Waals surface area contributed by atoms with Crippen LogP contribution in [-0.2, 0) is 0 Å². The van der Waals surface area contributed by atoms with Crippen LogP contribution in [0.3, 0.4) is 0 Å². The fourth-order valence-corrected chi connectivity index (χ4v) is 3.47. The number of nitro groups is 1. The number of hydrogen-bond donors (Lipinski definition) is 1. The number of furan rings is 1. The smallest absolute Gasteiger partial charge is 0.280 e. The van der Waals surface area contributed by atoms with Crippen molar-refractivity contribution in [3.05, 3.63) is 82.1 Å².